The van der Waals surface area contributed by atoms with Crippen molar-refractivity contribution in [1.29, 1.82) is 0 Å². The second kappa shape index (κ2) is 4.07. The summed E-state index contributed by atoms with van der Waals surface area (Å²) in [4.78, 5) is 11.0. The molecule has 0 aliphatic carbocycles. The summed E-state index contributed by atoms with van der Waals surface area (Å²) in [5, 5.41) is 3.27. The summed E-state index contributed by atoms with van der Waals surface area (Å²) < 4.78 is 4.60. The Bertz CT molecular complexity index is 186. The van der Waals surface area contributed by atoms with Gasteiger partial charge in [-0.2, -0.15) is 0 Å². The average Bonchev–Trinajstić information content (AvgIpc) is 2.10. The lowest BCUT2D eigenvalue weighted by atomic mass is 9.85. The lowest BCUT2D eigenvalue weighted by Crippen LogP contribution is -2.56. The Balaban J connectivity index is 2.43. The fourth-order valence-electron chi connectivity index (χ4n) is 1.58. The van der Waals surface area contributed by atoms with Gasteiger partial charge in [-0.1, -0.05) is 0 Å². The third-order valence-electron chi connectivity index (χ3n) is 2.60. The Kier molecular flexibility index (Phi) is 3.27. The van der Waals surface area contributed by atoms with Crippen LogP contribution in [0.1, 0.15) is 26.2 Å². The zero-order valence-corrected chi connectivity index (χ0v) is 8.30. The molecule has 1 heterocycles. The topological polar surface area (TPSA) is 64.3 Å². The molecule has 4 nitrogen and oxygen atoms in total. The summed E-state index contributed by atoms with van der Waals surface area (Å²) >= 11 is 0. The van der Waals surface area contributed by atoms with Crippen molar-refractivity contribution in [2.45, 2.75) is 37.8 Å². The zero-order chi connectivity index (χ0) is 9.90. The highest BCUT2D eigenvalue weighted by molar-refractivity contribution is 5.70. The minimum absolute atomic E-state index is 0.223. The van der Waals surface area contributed by atoms with Gasteiger partial charge in [-0.15, -0.1) is 0 Å². The van der Waals surface area contributed by atoms with Gasteiger partial charge in [0.1, 0.15) is 0 Å². The van der Waals surface area contributed by atoms with Crippen molar-refractivity contribution in [3.63, 3.8) is 0 Å². The molecule has 1 rings (SSSR count). The van der Waals surface area contributed by atoms with Crippen molar-refractivity contribution in [1.82, 2.24) is 5.32 Å². The van der Waals surface area contributed by atoms with Crippen LogP contribution >= 0.6 is 0 Å². The first-order valence-corrected chi connectivity index (χ1v) is 4.65. The lowest BCUT2D eigenvalue weighted by molar-refractivity contribution is -0.142. The van der Waals surface area contributed by atoms with Crippen LogP contribution in [-0.4, -0.2) is 31.2 Å². The van der Waals surface area contributed by atoms with Crippen LogP contribution in [0.4, 0.5) is 0 Å². The highest BCUT2D eigenvalue weighted by atomic mass is 16.5. The molecule has 13 heavy (non-hydrogen) atoms. The summed E-state index contributed by atoms with van der Waals surface area (Å²) in [5.41, 5.74) is 5.63. The SMILES string of the molecule is COC(=O)CC1(N)CCC(C)NC1. The van der Waals surface area contributed by atoms with Gasteiger partial charge in [0.25, 0.3) is 0 Å². The quantitative estimate of drug-likeness (QED) is 0.597. The van der Waals surface area contributed by atoms with Crippen LogP contribution in [0.15, 0.2) is 0 Å². The molecule has 1 fully saturated rings. The molecule has 76 valence electrons. The number of esters is 1. The van der Waals surface area contributed by atoms with Crippen LogP contribution in [-0.2, 0) is 9.53 Å². The van der Waals surface area contributed by atoms with Crippen LogP contribution in [0, 0.1) is 0 Å². The van der Waals surface area contributed by atoms with Gasteiger partial charge in [-0.05, 0) is 19.8 Å². The van der Waals surface area contributed by atoms with Gasteiger partial charge in [-0.3, -0.25) is 4.79 Å². The molecule has 0 aromatic heterocycles. The van der Waals surface area contributed by atoms with Gasteiger partial charge >= 0.3 is 5.97 Å². The van der Waals surface area contributed by atoms with Gasteiger partial charge in [0.2, 0.25) is 0 Å². The number of hydrogen-bond acceptors (Lipinski definition) is 4. The molecule has 3 N–H and O–H groups in total. The van der Waals surface area contributed by atoms with E-state index >= 15 is 0 Å². The predicted octanol–water partition coefficient (Wildman–Crippen LogP) is 0.0189. The molecular weight excluding hydrogens is 168 g/mol. The van der Waals surface area contributed by atoms with E-state index in [1.54, 1.807) is 0 Å². The third-order valence-corrected chi connectivity index (χ3v) is 2.60. The average molecular weight is 186 g/mol. The van der Waals surface area contributed by atoms with E-state index in [1.165, 1.54) is 7.11 Å². The fraction of sp³-hybridized carbons (Fsp3) is 0.889. The highest BCUT2D eigenvalue weighted by Gasteiger charge is 2.32. The molecule has 4 heteroatoms. The molecular formula is C9H18N2O2. The molecule has 1 saturated heterocycles. The summed E-state index contributed by atoms with van der Waals surface area (Å²) in [6.07, 6.45) is 2.22. The predicted molar refractivity (Wildman–Crippen MR) is 50.3 cm³/mol. The van der Waals surface area contributed by atoms with Crippen LogP contribution in [0.5, 0.6) is 0 Å². The Hall–Kier alpha value is -0.610. The van der Waals surface area contributed by atoms with Crippen molar-refractivity contribution in [3.8, 4) is 0 Å². The van der Waals surface area contributed by atoms with Crippen molar-refractivity contribution in [2.75, 3.05) is 13.7 Å². The minimum atomic E-state index is -0.403. The van der Waals surface area contributed by atoms with E-state index in [2.05, 4.69) is 17.0 Å². The maximum atomic E-state index is 11.0. The fourth-order valence-corrected chi connectivity index (χ4v) is 1.58. The van der Waals surface area contributed by atoms with Crippen molar-refractivity contribution in [2.24, 2.45) is 5.73 Å². The lowest BCUT2D eigenvalue weighted by Gasteiger charge is -2.36. The van der Waals surface area contributed by atoms with Gasteiger partial charge in [0, 0.05) is 18.1 Å². The Morgan fingerprint density at radius 3 is 2.92 bits per heavy atom. The molecule has 0 spiro atoms. The van der Waals surface area contributed by atoms with Crippen LogP contribution < -0.4 is 11.1 Å². The van der Waals surface area contributed by atoms with Gasteiger partial charge in [0.15, 0.2) is 0 Å². The van der Waals surface area contributed by atoms with Crippen molar-refractivity contribution >= 4 is 5.97 Å². The Morgan fingerprint density at radius 1 is 1.77 bits per heavy atom. The van der Waals surface area contributed by atoms with E-state index in [-0.39, 0.29) is 5.97 Å². The van der Waals surface area contributed by atoms with E-state index in [4.69, 9.17) is 5.73 Å². The first kappa shape index (κ1) is 10.5. The summed E-state index contributed by atoms with van der Waals surface area (Å²) in [6, 6.07) is 0.509. The third kappa shape index (κ3) is 2.97. The van der Waals surface area contributed by atoms with Crippen LogP contribution in [0.3, 0.4) is 0 Å². The molecule has 1 aliphatic rings. The summed E-state index contributed by atoms with van der Waals surface area (Å²) in [7, 11) is 1.39. The summed E-state index contributed by atoms with van der Waals surface area (Å²) in [5.74, 6) is -0.223. The van der Waals surface area contributed by atoms with E-state index in [9.17, 15) is 4.79 Å². The summed E-state index contributed by atoms with van der Waals surface area (Å²) in [6.45, 7) is 2.82. The smallest absolute Gasteiger partial charge is 0.307 e. The highest BCUT2D eigenvalue weighted by Crippen LogP contribution is 2.20. The van der Waals surface area contributed by atoms with Crippen LogP contribution in [0.25, 0.3) is 0 Å². The number of rotatable bonds is 2. The first-order chi connectivity index (χ1) is 6.06. The molecule has 1 aliphatic heterocycles. The minimum Gasteiger partial charge on any atom is -0.469 e. The molecule has 0 amide bonds. The first-order valence-electron chi connectivity index (χ1n) is 4.65. The van der Waals surface area contributed by atoms with Gasteiger partial charge < -0.3 is 15.8 Å². The number of hydrogen-bond donors (Lipinski definition) is 2. The number of ether oxygens (including phenoxy) is 1. The number of methoxy groups -OCH3 is 1. The number of nitrogens with one attached hydrogen (secondary N) is 1. The molecule has 0 saturated carbocycles. The van der Waals surface area contributed by atoms with E-state index < -0.39 is 5.54 Å². The molecule has 0 radical (unpaired) electrons. The Labute approximate surface area is 78.8 Å². The molecule has 0 aromatic rings. The van der Waals surface area contributed by atoms with Crippen LogP contribution in [0.2, 0.25) is 0 Å². The largest absolute Gasteiger partial charge is 0.469 e. The standard InChI is InChI=1S/C9H18N2O2/c1-7-3-4-9(10,6-11-7)5-8(12)13-2/h7,11H,3-6,10H2,1-2H3. The molecule has 0 bridgehead atoms. The van der Waals surface area contributed by atoms with Gasteiger partial charge in [-0.25, -0.2) is 0 Å². The van der Waals surface area contributed by atoms with Crippen molar-refractivity contribution in [3.05, 3.63) is 0 Å². The number of carbonyl (C=O) groups excluding carboxylic acids is 1. The number of nitrogens with two attached hydrogens (primary N) is 1. The maximum Gasteiger partial charge on any atom is 0.307 e. The normalized spacial score (nSPS) is 34.2. The zero-order valence-electron chi connectivity index (χ0n) is 8.30. The second-order valence-electron chi connectivity index (χ2n) is 3.94. The monoisotopic (exact) mass is 186 g/mol. The van der Waals surface area contributed by atoms with E-state index in [0.29, 0.717) is 19.0 Å². The molecule has 2 atom stereocenters. The molecule has 0 aromatic carbocycles. The van der Waals surface area contributed by atoms with Crippen molar-refractivity contribution < 1.29 is 9.53 Å². The maximum absolute atomic E-state index is 11.0. The number of carbonyl (C=O) groups is 1. The van der Waals surface area contributed by atoms with E-state index in [1.807, 2.05) is 0 Å². The number of piperidine rings is 1. The Morgan fingerprint density at radius 2 is 2.46 bits per heavy atom. The second-order valence-corrected chi connectivity index (χ2v) is 3.94. The van der Waals surface area contributed by atoms with Gasteiger partial charge in [0.05, 0.1) is 13.5 Å². The molecule has 2 unspecified atom stereocenters. The van der Waals surface area contributed by atoms with E-state index in [0.717, 1.165) is 12.8 Å².